The molecule has 0 atom stereocenters. The lowest BCUT2D eigenvalue weighted by Gasteiger charge is -2.07. The quantitative estimate of drug-likeness (QED) is 0.204. The lowest BCUT2D eigenvalue weighted by molar-refractivity contribution is -0.671. The van der Waals surface area contributed by atoms with Gasteiger partial charge in [-0.2, -0.15) is 0 Å². The van der Waals surface area contributed by atoms with E-state index in [-0.39, 0.29) is 0 Å². The third-order valence-electron chi connectivity index (χ3n) is 4.26. The Hall–Kier alpha value is -2.45. The lowest BCUT2D eigenvalue weighted by Crippen LogP contribution is -2.26. The van der Waals surface area contributed by atoms with Gasteiger partial charge < -0.3 is 9.90 Å². The number of nitrogens with zero attached hydrogens (tertiary/aromatic N) is 2. The average molecular weight is 420 g/mol. The number of aryl methyl sites for hydroxylation is 2. The predicted octanol–water partition coefficient (Wildman–Crippen LogP) is 3.81. The minimum absolute atomic E-state index is 1.18. The molecule has 29 heavy (non-hydrogen) atoms. The fourth-order valence-corrected chi connectivity index (χ4v) is 2.67. The average Bonchev–Trinajstić information content (AvgIpc) is 3.09. The highest BCUT2D eigenvalue weighted by atomic mass is 19.2. The van der Waals surface area contributed by atoms with E-state index in [2.05, 4.69) is 41.8 Å². The van der Waals surface area contributed by atoms with Crippen LogP contribution in [-0.2, 0) is 13.6 Å². The summed E-state index contributed by atoms with van der Waals surface area (Å²) in [6, 6.07) is 0. The third kappa shape index (κ3) is 7.47. The van der Waals surface area contributed by atoms with E-state index in [0.717, 1.165) is 0 Å². The molecule has 0 aliphatic heterocycles. The zero-order chi connectivity index (χ0) is 22.0. The van der Waals surface area contributed by atoms with E-state index >= 15 is 0 Å². The number of rotatable bonds is 9. The van der Waals surface area contributed by atoms with Gasteiger partial charge in [-0.1, -0.05) is 39.0 Å². The van der Waals surface area contributed by atoms with Crippen molar-refractivity contribution in [3.05, 3.63) is 53.4 Å². The monoisotopic (exact) mass is 420 g/mol. The second-order valence-corrected chi connectivity index (χ2v) is 6.67. The van der Waals surface area contributed by atoms with Crippen LogP contribution in [0.2, 0.25) is 0 Å². The number of aromatic carboxylic acids is 1. The van der Waals surface area contributed by atoms with Gasteiger partial charge >= 0.3 is 0 Å². The molecule has 0 aliphatic carbocycles. The van der Waals surface area contributed by atoms with Gasteiger partial charge in [-0.05, 0) is 12.8 Å². The molecule has 162 valence electrons. The Balaban J connectivity index is 0.000000291. The zero-order valence-electron chi connectivity index (χ0n) is 16.5. The maximum atomic E-state index is 12.5. The molecule has 0 spiro atoms. The second-order valence-electron chi connectivity index (χ2n) is 6.67. The summed E-state index contributed by atoms with van der Waals surface area (Å²) >= 11 is 0. The van der Waals surface area contributed by atoms with Crippen molar-refractivity contribution in [1.29, 1.82) is 0 Å². The van der Waals surface area contributed by atoms with E-state index in [1.54, 1.807) is 0 Å². The van der Waals surface area contributed by atoms with Gasteiger partial charge in [0.05, 0.1) is 25.1 Å². The van der Waals surface area contributed by atoms with Gasteiger partial charge in [0.15, 0.2) is 23.3 Å². The van der Waals surface area contributed by atoms with Gasteiger partial charge in [-0.3, -0.25) is 0 Å². The van der Waals surface area contributed by atoms with Crippen LogP contribution in [-0.4, -0.2) is 10.5 Å². The van der Waals surface area contributed by atoms with Crippen LogP contribution in [0.1, 0.15) is 62.2 Å². The molecule has 2 aromatic rings. The smallest absolute Gasteiger partial charge is 0.243 e. The Morgan fingerprint density at radius 1 is 0.897 bits per heavy atom. The van der Waals surface area contributed by atoms with Crippen LogP contribution in [0.25, 0.3) is 0 Å². The Labute approximate surface area is 166 Å². The van der Waals surface area contributed by atoms with Crippen molar-refractivity contribution in [3.8, 4) is 0 Å². The van der Waals surface area contributed by atoms with Crippen LogP contribution < -0.4 is 9.67 Å². The molecule has 0 aliphatic rings. The summed E-state index contributed by atoms with van der Waals surface area (Å²) in [6.45, 7) is 3.45. The first kappa shape index (κ1) is 24.6. The molecule has 1 aromatic heterocycles. The van der Waals surface area contributed by atoms with E-state index in [1.165, 1.54) is 51.5 Å². The first-order chi connectivity index (χ1) is 13.7. The summed E-state index contributed by atoms with van der Waals surface area (Å²) in [6.07, 6.45) is 16.1. The van der Waals surface area contributed by atoms with Crippen LogP contribution in [0.5, 0.6) is 0 Å². The van der Waals surface area contributed by atoms with Crippen molar-refractivity contribution < 1.29 is 36.4 Å². The lowest BCUT2D eigenvalue weighted by atomic mass is 10.1. The number of unbranched alkanes of at least 4 members (excludes halogenated alkanes) is 6. The van der Waals surface area contributed by atoms with Crippen molar-refractivity contribution in [1.82, 2.24) is 4.57 Å². The molecular formula is C20H25F5N2O2. The molecule has 0 unspecified atom stereocenters. The van der Waals surface area contributed by atoms with Crippen LogP contribution in [0.3, 0.4) is 0 Å². The van der Waals surface area contributed by atoms with Crippen molar-refractivity contribution in [2.45, 2.75) is 58.4 Å². The Kier molecular flexibility index (Phi) is 10.3. The number of carbonyl (C=O) groups excluding carboxylic acids is 1. The number of imidazole rings is 1. The third-order valence-corrected chi connectivity index (χ3v) is 4.26. The first-order valence-corrected chi connectivity index (χ1v) is 9.44. The Bertz CT molecular complexity index is 779. The SMILES string of the molecule is CCCCCCCCCn1cc[n+](C)c1.O=C([O-])c1c(F)c(F)c(F)c(F)c1F. The minimum Gasteiger partial charge on any atom is -0.545 e. The summed E-state index contributed by atoms with van der Waals surface area (Å²) in [5.41, 5.74) is -1.97. The number of carboxylic acids is 1. The summed E-state index contributed by atoms with van der Waals surface area (Å²) < 4.78 is 66.3. The molecule has 2 rings (SSSR count). The van der Waals surface area contributed by atoms with Gasteiger partial charge in [0.1, 0.15) is 12.4 Å². The first-order valence-electron chi connectivity index (χ1n) is 9.44. The highest BCUT2D eigenvalue weighted by Gasteiger charge is 2.25. The van der Waals surface area contributed by atoms with Gasteiger partial charge in [-0.25, -0.2) is 31.1 Å². The number of carbonyl (C=O) groups is 1. The van der Waals surface area contributed by atoms with Crippen LogP contribution >= 0.6 is 0 Å². The molecule has 0 fully saturated rings. The largest absolute Gasteiger partial charge is 0.545 e. The molecule has 0 radical (unpaired) electrons. The predicted molar refractivity (Wildman–Crippen MR) is 94.2 cm³/mol. The van der Waals surface area contributed by atoms with Crippen molar-refractivity contribution in [2.75, 3.05) is 0 Å². The zero-order valence-corrected chi connectivity index (χ0v) is 16.5. The molecular weight excluding hydrogens is 395 g/mol. The van der Waals surface area contributed by atoms with E-state index in [1.807, 2.05) is 0 Å². The number of aromatic nitrogens is 2. The number of benzene rings is 1. The Morgan fingerprint density at radius 2 is 1.38 bits per heavy atom. The number of hydrogen-bond acceptors (Lipinski definition) is 2. The van der Waals surface area contributed by atoms with E-state index in [0.29, 0.717) is 0 Å². The maximum absolute atomic E-state index is 12.5. The number of hydrogen-bond donors (Lipinski definition) is 0. The summed E-state index contributed by atoms with van der Waals surface area (Å²) in [4.78, 5) is 10.0. The van der Waals surface area contributed by atoms with Gasteiger partial charge in [0, 0.05) is 0 Å². The molecule has 0 N–H and O–H groups in total. The topological polar surface area (TPSA) is 48.9 Å². The molecule has 0 saturated carbocycles. The van der Waals surface area contributed by atoms with Gasteiger partial charge in [0.25, 0.3) is 0 Å². The molecule has 1 heterocycles. The summed E-state index contributed by atoms with van der Waals surface area (Å²) in [5, 5.41) is 10.0. The highest BCUT2D eigenvalue weighted by Crippen LogP contribution is 2.22. The molecule has 0 amide bonds. The van der Waals surface area contributed by atoms with E-state index in [4.69, 9.17) is 0 Å². The fourth-order valence-electron chi connectivity index (χ4n) is 2.67. The maximum Gasteiger partial charge on any atom is 0.243 e. The minimum atomic E-state index is -2.47. The Morgan fingerprint density at radius 3 is 1.83 bits per heavy atom. The van der Waals surface area contributed by atoms with Crippen molar-refractivity contribution in [2.24, 2.45) is 7.05 Å². The standard InChI is InChI=1S/C13H25N2.C7HF5O2/c1-3-4-5-6-7-8-9-10-15-12-11-14(2)13-15;8-2-1(7(13)14)3(9)5(11)6(12)4(2)10/h11-13H,3-10H2,1-2H3;(H,13,14)/q+1;/p-1. The van der Waals surface area contributed by atoms with E-state index in [9.17, 15) is 31.9 Å². The second kappa shape index (κ2) is 12.2. The number of carboxylic acid groups (broad SMARTS) is 1. The fraction of sp³-hybridized carbons (Fsp3) is 0.500. The van der Waals surface area contributed by atoms with Crippen molar-refractivity contribution >= 4 is 5.97 Å². The molecule has 4 nitrogen and oxygen atoms in total. The van der Waals surface area contributed by atoms with Crippen LogP contribution in [0, 0.1) is 29.1 Å². The normalized spacial score (nSPS) is 10.6. The number of halogens is 5. The van der Waals surface area contributed by atoms with Gasteiger partial charge in [0.2, 0.25) is 12.1 Å². The summed E-state index contributed by atoms with van der Waals surface area (Å²) in [7, 11) is 2.07. The molecule has 1 aromatic carbocycles. The molecule has 0 saturated heterocycles. The van der Waals surface area contributed by atoms with Crippen LogP contribution in [0.15, 0.2) is 18.7 Å². The van der Waals surface area contributed by atoms with E-state index < -0.39 is 40.6 Å². The summed E-state index contributed by atoms with van der Waals surface area (Å²) in [5.74, 6) is -14.4. The molecule has 9 heteroatoms. The van der Waals surface area contributed by atoms with Gasteiger partial charge in [-0.15, -0.1) is 0 Å². The highest BCUT2D eigenvalue weighted by molar-refractivity contribution is 5.86. The molecule has 0 bridgehead atoms. The van der Waals surface area contributed by atoms with Crippen molar-refractivity contribution in [3.63, 3.8) is 0 Å². The van der Waals surface area contributed by atoms with Crippen LogP contribution in [0.4, 0.5) is 22.0 Å².